The largest absolute Gasteiger partial charge is 0.492 e. The Morgan fingerprint density at radius 1 is 1.27 bits per heavy atom. The first kappa shape index (κ1) is 25.5. The van der Waals surface area contributed by atoms with Crippen molar-refractivity contribution in [3.63, 3.8) is 0 Å². The summed E-state index contributed by atoms with van der Waals surface area (Å²) in [4.78, 5) is 0.131. The molecule has 3 aromatic rings. The van der Waals surface area contributed by atoms with E-state index in [1.54, 1.807) is 7.05 Å². The second kappa shape index (κ2) is 10.9. The number of benzene rings is 2. The summed E-state index contributed by atoms with van der Waals surface area (Å²) >= 11 is 6.16. The van der Waals surface area contributed by atoms with Crippen LogP contribution in [0.1, 0.15) is 29.0 Å². The van der Waals surface area contributed by atoms with Gasteiger partial charge in [-0.15, -0.1) is 12.4 Å². The van der Waals surface area contributed by atoms with E-state index in [0.717, 1.165) is 29.8 Å². The summed E-state index contributed by atoms with van der Waals surface area (Å²) in [7, 11) is -1.93. The van der Waals surface area contributed by atoms with Crippen molar-refractivity contribution in [2.75, 3.05) is 13.2 Å². The van der Waals surface area contributed by atoms with Gasteiger partial charge in [0.15, 0.2) is 0 Å². The summed E-state index contributed by atoms with van der Waals surface area (Å²) in [6.45, 7) is 0.364. The number of ether oxygens (including phenoxy) is 1. The molecule has 1 heterocycles. The Morgan fingerprint density at radius 3 is 2.82 bits per heavy atom. The van der Waals surface area contributed by atoms with Gasteiger partial charge in [0.05, 0.1) is 6.20 Å². The van der Waals surface area contributed by atoms with Crippen molar-refractivity contribution in [3.8, 4) is 5.75 Å². The van der Waals surface area contributed by atoms with Gasteiger partial charge in [0.25, 0.3) is 0 Å². The average molecular weight is 511 g/mol. The first-order valence-electron chi connectivity index (χ1n) is 10.6. The fourth-order valence-electron chi connectivity index (χ4n) is 4.13. The number of hydrogen-bond donors (Lipinski definition) is 2. The summed E-state index contributed by atoms with van der Waals surface area (Å²) in [5, 5.41) is 4.62. The van der Waals surface area contributed by atoms with Gasteiger partial charge >= 0.3 is 0 Å². The molecule has 1 aliphatic rings. The van der Waals surface area contributed by atoms with Crippen LogP contribution in [0.5, 0.6) is 5.75 Å². The van der Waals surface area contributed by atoms with Crippen LogP contribution in [0.3, 0.4) is 0 Å². The Balaban J connectivity index is 0.00000306. The highest BCUT2D eigenvalue weighted by Gasteiger charge is 2.27. The topological polar surface area (TPSA) is 99.2 Å². The zero-order chi connectivity index (χ0) is 22.7. The van der Waals surface area contributed by atoms with Gasteiger partial charge < -0.3 is 10.5 Å². The van der Waals surface area contributed by atoms with Crippen LogP contribution < -0.4 is 15.2 Å². The van der Waals surface area contributed by atoms with Crippen LogP contribution in [0.15, 0.2) is 59.8 Å². The maximum Gasteiger partial charge on any atom is 0.243 e. The van der Waals surface area contributed by atoms with Crippen molar-refractivity contribution >= 4 is 34.0 Å². The molecule has 1 aliphatic carbocycles. The molecule has 33 heavy (non-hydrogen) atoms. The van der Waals surface area contributed by atoms with Gasteiger partial charge in [0.1, 0.15) is 17.3 Å². The molecule has 0 spiro atoms. The number of halogens is 2. The molecule has 10 heteroatoms. The summed E-state index contributed by atoms with van der Waals surface area (Å²) < 4.78 is 34.4. The fourth-order valence-corrected chi connectivity index (χ4v) is 5.34. The van der Waals surface area contributed by atoms with Crippen LogP contribution in [0.2, 0.25) is 5.02 Å². The summed E-state index contributed by atoms with van der Waals surface area (Å²) in [5.41, 5.74) is 10.1. The Hall–Kier alpha value is -2.10. The number of nitrogens with two attached hydrogens (primary N) is 1. The van der Waals surface area contributed by atoms with Crippen molar-refractivity contribution < 1.29 is 13.2 Å². The van der Waals surface area contributed by atoms with Gasteiger partial charge in [-0.1, -0.05) is 29.8 Å². The van der Waals surface area contributed by atoms with E-state index in [-0.39, 0.29) is 42.4 Å². The molecule has 0 fully saturated rings. The van der Waals surface area contributed by atoms with E-state index in [4.69, 9.17) is 22.1 Å². The van der Waals surface area contributed by atoms with Crippen LogP contribution in [-0.4, -0.2) is 37.4 Å². The molecule has 0 amide bonds. The number of hydrogen-bond acceptors (Lipinski definition) is 5. The molecule has 0 saturated heterocycles. The number of nitrogens with zero attached hydrogens (tertiary/aromatic N) is 2. The Kier molecular flexibility index (Phi) is 8.42. The number of fused-ring (bicyclic) bond motifs is 1. The summed E-state index contributed by atoms with van der Waals surface area (Å²) in [6, 6.07) is 14.0. The number of sulfonamides is 1. The molecule has 0 aliphatic heterocycles. The molecule has 0 bridgehead atoms. The minimum atomic E-state index is -3.60. The summed E-state index contributed by atoms with van der Waals surface area (Å²) in [6.07, 6.45) is 5.46. The molecule has 0 saturated carbocycles. The monoisotopic (exact) mass is 510 g/mol. The van der Waals surface area contributed by atoms with Crippen LogP contribution in [-0.2, 0) is 29.9 Å². The standard InChI is InChI=1S/C23H27ClN4O3S.ClH/c1-28-15-20(14-26-28)32(29,30)27-9-10-31-19-7-5-17-6-8-23(25)22(21(17)13-19)12-16-3-2-4-18(24)11-16;/h2-5,7,11,13-15,22-23,27H,6,8-10,12,25H2,1H3;1H. The summed E-state index contributed by atoms with van der Waals surface area (Å²) in [5.74, 6) is 0.874. The predicted octanol–water partition coefficient (Wildman–Crippen LogP) is 3.45. The van der Waals surface area contributed by atoms with Crippen molar-refractivity contribution in [2.24, 2.45) is 12.8 Å². The molecular weight excluding hydrogens is 483 g/mol. The SMILES string of the molecule is Cl.Cn1cc(S(=O)(=O)NCCOc2ccc3c(c2)C(Cc2cccc(Cl)c2)C(N)CC3)cn1. The molecule has 1 aromatic heterocycles. The van der Waals surface area contributed by atoms with Crippen LogP contribution in [0, 0.1) is 0 Å². The number of rotatable bonds is 8. The Bertz CT molecular complexity index is 1200. The third-order valence-electron chi connectivity index (χ3n) is 5.78. The molecule has 178 valence electrons. The van der Waals surface area contributed by atoms with Gasteiger partial charge in [0.2, 0.25) is 10.0 Å². The van der Waals surface area contributed by atoms with Gasteiger partial charge in [-0.25, -0.2) is 13.1 Å². The third-order valence-corrected chi connectivity index (χ3v) is 7.43. The first-order valence-corrected chi connectivity index (χ1v) is 12.4. The second-order valence-corrected chi connectivity index (χ2v) is 10.3. The highest BCUT2D eigenvalue weighted by Crippen LogP contribution is 2.36. The highest BCUT2D eigenvalue weighted by molar-refractivity contribution is 7.89. The Morgan fingerprint density at radius 2 is 2.09 bits per heavy atom. The van der Waals surface area contributed by atoms with Gasteiger partial charge in [0, 0.05) is 36.8 Å². The molecular formula is C23H28Cl2N4O3S. The van der Waals surface area contributed by atoms with E-state index in [0.29, 0.717) is 5.75 Å². The molecule has 2 aromatic carbocycles. The lowest BCUT2D eigenvalue weighted by Gasteiger charge is -2.32. The minimum absolute atomic E-state index is 0. The van der Waals surface area contributed by atoms with Crippen LogP contribution in [0.4, 0.5) is 0 Å². The van der Waals surface area contributed by atoms with Gasteiger partial charge in [-0.3, -0.25) is 4.68 Å². The number of aromatic nitrogens is 2. The van der Waals surface area contributed by atoms with E-state index in [1.807, 2.05) is 30.3 Å². The van der Waals surface area contributed by atoms with Gasteiger partial charge in [-0.05, 0) is 60.2 Å². The lowest BCUT2D eigenvalue weighted by Crippen LogP contribution is -2.34. The highest BCUT2D eigenvalue weighted by atomic mass is 35.5. The fraction of sp³-hybridized carbons (Fsp3) is 0.348. The maximum absolute atomic E-state index is 12.3. The molecule has 7 nitrogen and oxygen atoms in total. The predicted molar refractivity (Wildman–Crippen MR) is 132 cm³/mol. The molecule has 3 N–H and O–H groups in total. The van der Waals surface area contributed by atoms with E-state index in [1.165, 1.54) is 28.2 Å². The molecule has 0 radical (unpaired) electrons. The minimum Gasteiger partial charge on any atom is -0.492 e. The molecule has 4 rings (SSSR count). The van der Waals surface area contributed by atoms with Crippen LogP contribution in [0.25, 0.3) is 0 Å². The van der Waals surface area contributed by atoms with Crippen molar-refractivity contribution in [2.45, 2.75) is 36.1 Å². The lowest BCUT2D eigenvalue weighted by molar-refractivity contribution is 0.321. The smallest absolute Gasteiger partial charge is 0.243 e. The van der Waals surface area contributed by atoms with Crippen molar-refractivity contribution in [1.29, 1.82) is 0 Å². The van der Waals surface area contributed by atoms with E-state index in [2.05, 4.69) is 22.0 Å². The number of nitrogens with one attached hydrogen (secondary N) is 1. The average Bonchev–Trinajstić information content (AvgIpc) is 3.21. The van der Waals surface area contributed by atoms with Crippen molar-refractivity contribution in [3.05, 3.63) is 76.6 Å². The molecule has 2 atom stereocenters. The van der Waals surface area contributed by atoms with Crippen LogP contribution >= 0.6 is 24.0 Å². The third kappa shape index (κ3) is 6.28. The Labute approximate surface area is 205 Å². The van der Waals surface area contributed by atoms with Crippen molar-refractivity contribution in [1.82, 2.24) is 14.5 Å². The van der Waals surface area contributed by atoms with E-state index < -0.39 is 10.0 Å². The lowest BCUT2D eigenvalue weighted by atomic mass is 9.76. The first-order chi connectivity index (χ1) is 15.3. The zero-order valence-electron chi connectivity index (χ0n) is 18.3. The van der Waals surface area contributed by atoms with Gasteiger partial charge in [-0.2, -0.15) is 5.10 Å². The molecule has 2 unspecified atom stereocenters. The van der Waals surface area contributed by atoms with E-state index in [9.17, 15) is 8.42 Å². The van der Waals surface area contributed by atoms with E-state index >= 15 is 0 Å². The quantitative estimate of drug-likeness (QED) is 0.452. The second-order valence-electron chi connectivity index (χ2n) is 8.10. The maximum atomic E-state index is 12.3. The number of aryl methyl sites for hydroxylation is 2. The normalized spacial score (nSPS) is 17.8. The zero-order valence-corrected chi connectivity index (χ0v) is 20.7.